The second-order valence-corrected chi connectivity index (χ2v) is 9.72. The van der Waals surface area contributed by atoms with E-state index in [0.29, 0.717) is 31.2 Å². The summed E-state index contributed by atoms with van der Waals surface area (Å²) >= 11 is 3.29. The van der Waals surface area contributed by atoms with E-state index in [-0.39, 0.29) is 0 Å². The van der Waals surface area contributed by atoms with Gasteiger partial charge in [0.15, 0.2) is 0 Å². The largest absolute Gasteiger partial charge is 0.379 e. The Balaban J connectivity index is 1.58. The first-order chi connectivity index (χ1) is 12.6. The number of benzene rings is 1. The molecular weight excluding hydrogens is 388 g/mol. The van der Waals surface area contributed by atoms with Crippen LogP contribution in [0.15, 0.2) is 46.0 Å². The van der Waals surface area contributed by atoms with Gasteiger partial charge in [0.05, 0.1) is 28.7 Å². The minimum Gasteiger partial charge on any atom is -0.379 e. The molecule has 0 spiro atoms. The molecule has 8 heteroatoms. The molecule has 0 amide bonds. The summed E-state index contributed by atoms with van der Waals surface area (Å²) in [5.74, 6) is 0. The molecular formula is C18H18N2O3S3. The van der Waals surface area contributed by atoms with Crippen LogP contribution in [0.5, 0.6) is 0 Å². The van der Waals surface area contributed by atoms with Crippen LogP contribution in [-0.4, -0.2) is 44.0 Å². The van der Waals surface area contributed by atoms with Crippen LogP contribution in [0.4, 0.5) is 0 Å². The number of ether oxygens (including phenoxy) is 1. The van der Waals surface area contributed by atoms with Gasteiger partial charge in [-0.1, -0.05) is 12.1 Å². The first-order valence-corrected chi connectivity index (χ1v) is 11.4. The van der Waals surface area contributed by atoms with Gasteiger partial charge in [-0.15, -0.1) is 22.7 Å². The van der Waals surface area contributed by atoms with Gasteiger partial charge >= 0.3 is 0 Å². The monoisotopic (exact) mass is 406 g/mol. The van der Waals surface area contributed by atoms with Crippen LogP contribution < -0.4 is 0 Å². The van der Waals surface area contributed by atoms with Crippen LogP contribution in [0.3, 0.4) is 0 Å². The summed E-state index contributed by atoms with van der Waals surface area (Å²) < 4.78 is 32.1. The normalized spacial score (nSPS) is 16.0. The summed E-state index contributed by atoms with van der Waals surface area (Å²) in [5, 5.41) is 5.08. The summed E-state index contributed by atoms with van der Waals surface area (Å²) in [7, 11) is -3.46. The Bertz CT molecular complexity index is 1000. The summed E-state index contributed by atoms with van der Waals surface area (Å²) in [6.45, 7) is 3.78. The van der Waals surface area contributed by atoms with Crippen molar-refractivity contribution in [2.75, 3.05) is 26.3 Å². The number of morpholine rings is 1. The highest BCUT2D eigenvalue weighted by molar-refractivity contribution is 7.89. The third-order valence-electron chi connectivity index (χ3n) is 4.32. The number of aryl methyl sites for hydroxylation is 1. The first kappa shape index (κ1) is 17.8. The highest BCUT2D eigenvalue weighted by Gasteiger charge is 2.26. The Kier molecular flexibility index (Phi) is 4.94. The predicted octanol–water partition coefficient (Wildman–Crippen LogP) is 3.87. The molecule has 0 atom stereocenters. The van der Waals surface area contributed by atoms with Gasteiger partial charge in [0.1, 0.15) is 5.01 Å². The van der Waals surface area contributed by atoms with Crippen molar-refractivity contribution in [1.82, 2.24) is 9.29 Å². The SMILES string of the molecule is Cc1ccsc1-c1nc(-c2ccc(S(=O)(=O)N3CCOCC3)cc2)cs1. The van der Waals surface area contributed by atoms with Crippen LogP contribution in [0.2, 0.25) is 0 Å². The quantitative estimate of drug-likeness (QED) is 0.660. The Labute approximate surface area is 160 Å². The zero-order valence-corrected chi connectivity index (χ0v) is 16.7. The van der Waals surface area contributed by atoms with E-state index in [1.807, 2.05) is 17.5 Å². The third-order valence-corrected chi connectivity index (χ3v) is 8.24. The first-order valence-electron chi connectivity index (χ1n) is 8.24. The number of nitrogens with zero attached hydrogens (tertiary/aromatic N) is 2. The van der Waals surface area contributed by atoms with Crippen molar-refractivity contribution < 1.29 is 13.2 Å². The summed E-state index contributed by atoms with van der Waals surface area (Å²) in [4.78, 5) is 6.22. The number of hydrogen-bond acceptors (Lipinski definition) is 6. The van der Waals surface area contributed by atoms with Crippen molar-refractivity contribution in [3.05, 3.63) is 46.7 Å². The fourth-order valence-corrected chi connectivity index (χ4v) is 6.17. The molecule has 26 heavy (non-hydrogen) atoms. The van der Waals surface area contributed by atoms with E-state index in [4.69, 9.17) is 9.72 Å². The molecule has 1 aromatic carbocycles. The Morgan fingerprint density at radius 2 is 1.81 bits per heavy atom. The van der Waals surface area contributed by atoms with E-state index in [1.165, 1.54) is 14.7 Å². The number of hydrogen-bond donors (Lipinski definition) is 0. The smallest absolute Gasteiger partial charge is 0.243 e. The minimum atomic E-state index is -3.46. The average Bonchev–Trinajstić information content (AvgIpc) is 3.31. The summed E-state index contributed by atoms with van der Waals surface area (Å²) in [6, 6.07) is 9.07. The maximum Gasteiger partial charge on any atom is 0.243 e. The van der Waals surface area contributed by atoms with Crippen molar-refractivity contribution >= 4 is 32.7 Å². The van der Waals surface area contributed by atoms with Crippen LogP contribution in [0.1, 0.15) is 5.56 Å². The second-order valence-electron chi connectivity index (χ2n) is 6.01. The number of aromatic nitrogens is 1. The van der Waals surface area contributed by atoms with Crippen LogP contribution in [0, 0.1) is 6.92 Å². The predicted molar refractivity (Wildman–Crippen MR) is 105 cm³/mol. The van der Waals surface area contributed by atoms with E-state index in [1.54, 1.807) is 34.8 Å². The van der Waals surface area contributed by atoms with Gasteiger partial charge in [0.25, 0.3) is 0 Å². The average molecular weight is 407 g/mol. The van der Waals surface area contributed by atoms with Crippen molar-refractivity contribution in [2.45, 2.75) is 11.8 Å². The van der Waals surface area contributed by atoms with Gasteiger partial charge in [0, 0.05) is 24.0 Å². The van der Waals surface area contributed by atoms with Crippen molar-refractivity contribution in [2.24, 2.45) is 0 Å². The standard InChI is InChI=1S/C18H18N2O3S3/c1-13-6-11-24-17(13)18-19-16(12-25-18)14-2-4-15(5-3-14)26(21,22)20-7-9-23-10-8-20/h2-6,11-12H,7-10H2,1H3. The van der Waals surface area contributed by atoms with E-state index < -0.39 is 10.0 Å². The molecule has 5 nitrogen and oxygen atoms in total. The highest BCUT2D eigenvalue weighted by Crippen LogP contribution is 2.34. The van der Waals surface area contributed by atoms with Crippen LogP contribution in [-0.2, 0) is 14.8 Å². The fourth-order valence-electron chi connectivity index (χ4n) is 2.84. The molecule has 0 aliphatic carbocycles. The van der Waals surface area contributed by atoms with Gasteiger partial charge < -0.3 is 4.74 Å². The van der Waals surface area contributed by atoms with Crippen molar-refractivity contribution in [3.63, 3.8) is 0 Å². The molecule has 0 N–H and O–H groups in total. The minimum absolute atomic E-state index is 0.313. The van der Waals surface area contributed by atoms with Gasteiger partial charge in [0.2, 0.25) is 10.0 Å². The van der Waals surface area contributed by atoms with E-state index in [9.17, 15) is 8.42 Å². The maximum absolute atomic E-state index is 12.7. The number of thiazole rings is 1. The van der Waals surface area contributed by atoms with Gasteiger partial charge in [-0.05, 0) is 36.1 Å². The Morgan fingerprint density at radius 1 is 1.08 bits per heavy atom. The van der Waals surface area contributed by atoms with Gasteiger partial charge in [-0.3, -0.25) is 0 Å². The lowest BCUT2D eigenvalue weighted by Gasteiger charge is -2.26. The lowest BCUT2D eigenvalue weighted by Crippen LogP contribution is -2.40. The second kappa shape index (κ2) is 7.21. The number of rotatable bonds is 4. The number of sulfonamides is 1. The molecule has 1 fully saturated rings. The lowest BCUT2D eigenvalue weighted by atomic mass is 10.2. The van der Waals surface area contributed by atoms with Crippen LogP contribution in [0.25, 0.3) is 21.1 Å². The fraction of sp³-hybridized carbons (Fsp3) is 0.278. The van der Waals surface area contributed by atoms with Gasteiger partial charge in [-0.25, -0.2) is 13.4 Å². The number of thiophene rings is 1. The molecule has 1 aliphatic rings. The third kappa shape index (κ3) is 3.35. The molecule has 0 unspecified atom stereocenters. The summed E-state index contributed by atoms with van der Waals surface area (Å²) in [5.41, 5.74) is 3.01. The zero-order valence-electron chi connectivity index (χ0n) is 14.2. The lowest BCUT2D eigenvalue weighted by molar-refractivity contribution is 0.0730. The summed E-state index contributed by atoms with van der Waals surface area (Å²) in [6.07, 6.45) is 0. The zero-order chi connectivity index (χ0) is 18.1. The van der Waals surface area contributed by atoms with E-state index in [0.717, 1.165) is 16.3 Å². The molecule has 0 radical (unpaired) electrons. The molecule has 0 saturated carbocycles. The van der Waals surface area contributed by atoms with Gasteiger partial charge in [-0.2, -0.15) is 4.31 Å². The van der Waals surface area contributed by atoms with Crippen LogP contribution >= 0.6 is 22.7 Å². The molecule has 3 aromatic rings. The molecule has 0 bridgehead atoms. The molecule has 1 saturated heterocycles. The maximum atomic E-state index is 12.7. The molecule has 4 rings (SSSR count). The topological polar surface area (TPSA) is 59.5 Å². The Morgan fingerprint density at radius 3 is 2.46 bits per heavy atom. The highest BCUT2D eigenvalue weighted by atomic mass is 32.2. The van der Waals surface area contributed by atoms with Crippen molar-refractivity contribution in [3.8, 4) is 21.1 Å². The van der Waals surface area contributed by atoms with Crippen molar-refractivity contribution in [1.29, 1.82) is 0 Å². The van der Waals surface area contributed by atoms with E-state index in [2.05, 4.69) is 18.4 Å². The van der Waals surface area contributed by atoms with E-state index >= 15 is 0 Å². The Hall–Kier alpha value is -1.58. The molecule has 136 valence electrons. The molecule has 1 aliphatic heterocycles. The molecule has 2 aromatic heterocycles. The molecule has 3 heterocycles.